The molecular formula is C14H22BrNO2. The largest absolute Gasteiger partial charge is 0.493 e. The zero-order valence-electron chi connectivity index (χ0n) is 11.3. The fraction of sp³-hybridized carbons (Fsp3) is 0.571. The Balaban J connectivity index is 2.39. The predicted octanol–water partition coefficient (Wildman–Crippen LogP) is 3.61. The zero-order valence-corrected chi connectivity index (χ0v) is 12.9. The second-order valence-corrected chi connectivity index (χ2v) is 5.12. The molecule has 0 aromatic heterocycles. The molecule has 0 bridgehead atoms. The van der Waals surface area contributed by atoms with Gasteiger partial charge in [-0.3, -0.25) is 0 Å². The van der Waals surface area contributed by atoms with Crippen LogP contribution in [0.25, 0.3) is 0 Å². The molecule has 1 atom stereocenters. The fourth-order valence-electron chi connectivity index (χ4n) is 1.78. The summed E-state index contributed by atoms with van der Waals surface area (Å²) in [6.45, 7) is 5.86. The Bertz CT molecular complexity index is 358. The van der Waals surface area contributed by atoms with Crippen LogP contribution in [0.3, 0.4) is 0 Å². The van der Waals surface area contributed by atoms with Crippen LogP contribution in [0.5, 0.6) is 11.5 Å². The Morgan fingerprint density at radius 2 is 2.17 bits per heavy atom. The lowest BCUT2D eigenvalue weighted by atomic mass is 10.2. The van der Waals surface area contributed by atoms with E-state index in [1.807, 2.05) is 18.2 Å². The van der Waals surface area contributed by atoms with Crippen LogP contribution in [-0.2, 0) is 0 Å². The number of nitrogens with one attached hydrogen (secondary N) is 1. The summed E-state index contributed by atoms with van der Waals surface area (Å²) >= 11 is 3.47. The van der Waals surface area contributed by atoms with E-state index in [-0.39, 0.29) is 0 Å². The molecule has 1 rings (SSSR count). The predicted molar refractivity (Wildman–Crippen MR) is 78.6 cm³/mol. The normalized spacial score (nSPS) is 12.2. The van der Waals surface area contributed by atoms with E-state index in [2.05, 4.69) is 35.1 Å². The summed E-state index contributed by atoms with van der Waals surface area (Å²) in [4.78, 5) is 0. The number of hydrogen-bond donors (Lipinski definition) is 1. The summed E-state index contributed by atoms with van der Waals surface area (Å²) < 4.78 is 11.9. The first kappa shape index (κ1) is 15.3. The van der Waals surface area contributed by atoms with E-state index < -0.39 is 0 Å². The van der Waals surface area contributed by atoms with Gasteiger partial charge in [-0.1, -0.05) is 19.4 Å². The van der Waals surface area contributed by atoms with Crippen LogP contribution in [0.2, 0.25) is 0 Å². The molecule has 0 spiro atoms. The maximum absolute atomic E-state index is 5.75. The lowest BCUT2D eigenvalue weighted by Gasteiger charge is -2.15. The van der Waals surface area contributed by atoms with E-state index in [9.17, 15) is 0 Å². The summed E-state index contributed by atoms with van der Waals surface area (Å²) in [5.41, 5.74) is 0. The van der Waals surface area contributed by atoms with Crippen molar-refractivity contribution < 1.29 is 9.47 Å². The van der Waals surface area contributed by atoms with Crippen molar-refractivity contribution in [2.75, 3.05) is 20.3 Å². The molecule has 1 aromatic carbocycles. The number of hydrogen-bond acceptors (Lipinski definition) is 3. The van der Waals surface area contributed by atoms with E-state index in [1.54, 1.807) is 7.11 Å². The molecule has 0 aliphatic carbocycles. The topological polar surface area (TPSA) is 30.5 Å². The average Bonchev–Trinajstić information content (AvgIpc) is 2.36. The molecule has 0 aliphatic heterocycles. The zero-order chi connectivity index (χ0) is 13.4. The second kappa shape index (κ2) is 8.38. The summed E-state index contributed by atoms with van der Waals surface area (Å²) in [6, 6.07) is 6.31. The van der Waals surface area contributed by atoms with Crippen LogP contribution in [0.1, 0.15) is 26.7 Å². The number of ether oxygens (including phenoxy) is 2. The lowest BCUT2D eigenvalue weighted by molar-refractivity contribution is 0.284. The summed E-state index contributed by atoms with van der Waals surface area (Å²) in [5.74, 6) is 1.52. The van der Waals surface area contributed by atoms with Crippen LogP contribution >= 0.6 is 15.9 Å². The van der Waals surface area contributed by atoms with Crippen molar-refractivity contribution in [2.24, 2.45) is 0 Å². The van der Waals surface area contributed by atoms with Crippen LogP contribution in [0.4, 0.5) is 0 Å². The molecule has 1 unspecified atom stereocenters. The first-order valence-electron chi connectivity index (χ1n) is 6.37. The first-order valence-corrected chi connectivity index (χ1v) is 7.17. The molecule has 0 saturated heterocycles. The van der Waals surface area contributed by atoms with Crippen molar-refractivity contribution in [1.29, 1.82) is 0 Å². The van der Waals surface area contributed by atoms with Gasteiger partial charge in [0.15, 0.2) is 11.5 Å². The van der Waals surface area contributed by atoms with Gasteiger partial charge >= 0.3 is 0 Å². The number of benzene rings is 1. The van der Waals surface area contributed by atoms with Gasteiger partial charge < -0.3 is 14.8 Å². The summed E-state index contributed by atoms with van der Waals surface area (Å²) in [7, 11) is 1.65. The van der Waals surface area contributed by atoms with Gasteiger partial charge in [0, 0.05) is 12.6 Å². The van der Waals surface area contributed by atoms with Gasteiger partial charge in [-0.25, -0.2) is 0 Å². The van der Waals surface area contributed by atoms with Gasteiger partial charge in [0.25, 0.3) is 0 Å². The number of methoxy groups -OCH3 is 1. The lowest BCUT2D eigenvalue weighted by Crippen LogP contribution is -2.30. The third-order valence-corrected chi connectivity index (χ3v) is 3.34. The molecule has 4 heteroatoms. The van der Waals surface area contributed by atoms with Gasteiger partial charge in [0.05, 0.1) is 11.6 Å². The number of rotatable bonds is 8. The molecule has 0 aliphatic rings. The maximum Gasteiger partial charge on any atom is 0.175 e. The van der Waals surface area contributed by atoms with Gasteiger partial charge in [-0.15, -0.1) is 0 Å². The molecule has 1 N–H and O–H groups in total. The van der Waals surface area contributed by atoms with E-state index in [0.717, 1.165) is 22.5 Å². The summed E-state index contributed by atoms with van der Waals surface area (Å²) in [5, 5.41) is 3.43. The van der Waals surface area contributed by atoms with Crippen molar-refractivity contribution in [2.45, 2.75) is 32.7 Å². The minimum Gasteiger partial charge on any atom is -0.493 e. The van der Waals surface area contributed by atoms with E-state index in [1.165, 1.54) is 12.8 Å². The van der Waals surface area contributed by atoms with Gasteiger partial charge in [-0.05, 0) is 41.4 Å². The van der Waals surface area contributed by atoms with Crippen molar-refractivity contribution >= 4 is 15.9 Å². The highest BCUT2D eigenvalue weighted by molar-refractivity contribution is 9.10. The Hall–Kier alpha value is -0.740. The van der Waals surface area contributed by atoms with Crippen molar-refractivity contribution in [1.82, 2.24) is 5.32 Å². The minimum atomic E-state index is 0.541. The molecule has 0 fully saturated rings. The molecule has 18 heavy (non-hydrogen) atoms. The Morgan fingerprint density at radius 3 is 2.83 bits per heavy atom. The molecular weight excluding hydrogens is 294 g/mol. The van der Waals surface area contributed by atoms with Gasteiger partial charge in [0.1, 0.15) is 6.61 Å². The quantitative estimate of drug-likeness (QED) is 0.743. The number of para-hydroxylation sites is 1. The van der Waals surface area contributed by atoms with Crippen LogP contribution < -0.4 is 14.8 Å². The summed E-state index contributed by atoms with van der Waals surface area (Å²) in [6.07, 6.45) is 2.39. The van der Waals surface area contributed by atoms with Crippen molar-refractivity contribution in [3.05, 3.63) is 22.7 Å². The fourth-order valence-corrected chi connectivity index (χ4v) is 2.25. The van der Waals surface area contributed by atoms with Crippen LogP contribution in [-0.4, -0.2) is 26.3 Å². The second-order valence-electron chi connectivity index (χ2n) is 4.26. The van der Waals surface area contributed by atoms with Gasteiger partial charge in [-0.2, -0.15) is 0 Å². The van der Waals surface area contributed by atoms with E-state index in [4.69, 9.17) is 9.47 Å². The highest BCUT2D eigenvalue weighted by Crippen LogP contribution is 2.34. The highest BCUT2D eigenvalue weighted by atomic mass is 79.9. The molecule has 0 amide bonds. The highest BCUT2D eigenvalue weighted by Gasteiger charge is 2.08. The monoisotopic (exact) mass is 315 g/mol. The van der Waals surface area contributed by atoms with Crippen LogP contribution in [0.15, 0.2) is 22.7 Å². The Labute approximate surface area is 118 Å². The SMILES string of the molecule is CCCC(C)NCCOc1c(Br)cccc1OC. The standard InChI is InChI=1S/C14H22BrNO2/c1-4-6-11(2)16-9-10-18-14-12(15)7-5-8-13(14)17-3/h5,7-8,11,16H,4,6,9-10H2,1-3H3. The third-order valence-electron chi connectivity index (χ3n) is 2.71. The van der Waals surface area contributed by atoms with Crippen molar-refractivity contribution in [3.63, 3.8) is 0 Å². The first-order chi connectivity index (χ1) is 8.69. The minimum absolute atomic E-state index is 0.541. The third kappa shape index (κ3) is 4.86. The molecule has 3 nitrogen and oxygen atoms in total. The number of halogens is 1. The van der Waals surface area contributed by atoms with E-state index in [0.29, 0.717) is 12.6 Å². The van der Waals surface area contributed by atoms with Crippen molar-refractivity contribution in [3.8, 4) is 11.5 Å². The molecule has 1 aromatic rings. The maximum atomic E-state index is 5.75. The molecule has 0 heterocycles. The molecule has 0 saturated carbocycles. The Kier molecular flexibility index (Phi) is 7.13. The van der Waals surface area contributed by atoms with E-state index >= 15 is 0 Å². The van der Waals surface area contributed by atoms with Gasteiger partial charge in [0.2, 0.25) is 0 Å². The van der Waals surface area contributed by atoms with Crippen LogP contribution in [0, 0.1) is 0 Å². The molecule has 0 radical (unpaired) electrons. The Morgan fingerprint density at radius 1 is 1.39 bits per heavy atom. The average molecular weight is 316 g/mol. The molecule has 102 valence electrons. The smallest absolute Gasteiger partial charge is 0.175 e.